The monoisotopic (exact) mass is 608 g/mol. The average Bonchev–Trinajstić information content (AvgIpc) is 3.37. The van der Waals surface area contributed by atoms with Gasteiger partial charge in [0.25, 0.3) is 5.91 Å². The van der Waals surface area contributed by atoms with Crippen LogP contribution in [0.5, 0.6) is 5.75 Å². The van der Waals surface area contributed by atoms with E-state index < -0.39 is 36.8 Å². The van der Waals surface area contributed by atoms with Gasteiger partial charge in [0.05, 0.1) is 25.9 Å². The number of hydrogen-bond donors (Lipinski definition) is 4. The Hall–Kier alpha value is -3.50. The maximum absolute atomic E-state index is 14.0. The number of amides is 1. The number of hydrogen-bond acceptors (Lipinski definition) is 7. The predicted octanol–water partition coefficient (Wildman–Crippen LogP) is 4.04. The summed E-state index contributed by atoms with van der Waals surface area (Å²) in [4.78, 5) is 18.9. The molecule has 8 nitrogen and oxygen atoms in total. The number of aliphatic hydroxyl groups is 3. The van der Waals surface area contributed by atoms with Crippen molar-refractivity contribution in [1.29, 1.82) is 0 Å². The molecule has 3 aromatic carbocycles. The number of aliphatic imine (C=N–C) groups is 1. The van der Waals surface area contributed by atoms with Crippen LogP contribution in [0.3, 0.4) is 0 Å². The molecule has 2 atom stereocenters. The molecule has 0 radical (unpaired) electrons. The number of ether oxygens (including phenoxy) is 2. The van der Waals surface area contributed by atoms with Crippen LogP contribution in [0.2, 0.25) is 0 Å². The van der Waals surface area contributed by atoms with Gasteiger partial charge >= 0.3 is 0 Å². The van der Waals surface area contributed by atoms with Gasteiger partial charge < -0.3 is 30.1 Å². The third-order valence-electron chi connectivity index (χ3n) is 6.53. The van der Waals surface area contributed by atoms with Gasteiger partial charge in [-0.15, -0.1) is 0 Å². The predicted molar refractivity (Wildman–Crippen MR) is 157 cm³/mol. The van der Waals surface area contributed by atoms with Gasteiger partial charge in [-0.3, -0.25) is 4.79 Å². The highest BCUT2D eigenvalue weighted by molar-refractivity contribution is 9.10. The molecular formula is C31H33BrN2O6. The highest BCUT2D eigenvalue weighted by Crippen LogP contribution is 2.45. The molecule has 0 unspecified atom stereocenters. The molecule has 1 heterocycles. The van der Waals surface area contributed by atoms with Crippen molar-refractivity contribution in [3.8, 4) is 5.75 Å². The third-order valence-corrected chi connectivity index (χ3v) is 7.25. The van der Waals surface area contributed by atoms with Gasteiger partial charge in [0.15, 0.2) is 11.6 Å². The van der Waals surface area contributed by atoms with E-state index in [0.717, 1.165) is 15.6 Å². The van der Waals surface area contributed by atoms with Gasteiger partial charge in [-0.25, -0.2) is 4.99 Å². The molecule has 40 heavy (non-hydrogen) atoms. The van der Waals surface area contributed by atoms with Crippen molar-refractivity contribution < 1.29 is 29.6 Å². The first-order chi connectivity index (χ1) is 19.5. The van der Waals surface area contributed by atoms with Crippen LogP contribution < -0.4 is 10.1 Å². The molecule has 9 heteroatoms. The van der Waals surface area contributed by atoms with Crippen molar-refractivity contribution >= 4 is 33.8 Å². The molecule has 4 rings (SSSR count). The summed E-state index contributed by atoms with van der Waals surface area (Å²) < 4.78 is 12.9. The van der Waals surface area contributed by atoms with Gasteiger partial charge in [0.2, 0.25) is 5.90 Å². The van der Waals surface area contributed by atoms with Gasteiger partial charge in [0.1, 0.15) is 5.75 Å². The molecule has 3 aromatic rings. The molecule has 0 fully saturated rings. The fourth-order valence-corrected chi connectivity index (χ4v) is 4.87. The first-order valence-electron chi connectivity index (χ1n) is 13.1. The average molecular weight is 610 g/mol. The Bertz CT molecular complexity index is 1310. The van der Waals surface area contributed by atoms with Crippen molar-refractivity contribution in [2.45, 2.75) is 30.5 Å². The molecule has 0 aromatic heterocycles. The quantitative estimate of drug-likeness (QED) is 0.217. The number of nitrogens with one attached hydrogen (secondary N) is 1. The fourth-order valence-electron chi connectivity index (χ4n) is 4.38. The molecule has 1 aliphatic heterocycles. The lowest BCUT2D eigenvalue weighted by molar-refractivity contribution is -0.130. The molecule has 1 aliphatic rings. The van der Waals surface area contributed by atoms with Gasteiger partial charge in [-0.05, 0) is 35.9 Å². The van der Waals surface area contributed by atoms with Gasteiger partial charge in [-0.2, -0.15) is 0 Å². The van der Waals surface area contributed by atoms with Crippen molar-refractivity contribution in [3.63, 3.8) is 0 Å². The summed E-state index contributed by atoms with van der Waals surface area (Å²) in [5.41, 5.74) is 0.926. The van der Waals surface area contributed by atoms with Gasteiger partial charge in [0, 0.05) is 35.0 Å². The van der Waals surface area contributed by atoms with E-state index in [0.29, 0.717) is 24.3 Å². The van der Waals surface area contributed by atoms with Crippen LogP contribution in [-0.4, -0.2) is 65.1 Å². The number of benzene rings is 3. The van der Waals surface area contributed by atoms with Crippen molar-refractivity contribution in [2.75, 3.05) is 26.4 Å². The summed E-state index contributed by atoms with van der Waals surface area (Å²) in [6.07, 6.45) is 3.72. The van der Waals surface area contributed by atoms with Crippen molar-refractivity contribution in [2.24, 2.45) is 4.99 Å². The molecule has 1 amide bonds. The summed E-state index contributed by atoms with van der Waals surface area (Å²) >= 11 is 3.61. The molecule has 210 valence electrons. The first-order valence-corrected chi connectivity index (χ1v) is 13.9. The molecule has 0 spiro atoms. The Morgan fingerprint density at radius 3 is 2.40 bits per heavy atom. The summed E-state index contributed by atoms with van der Waals surface area (Å²) in [7, 11) is 0. The topological polar surface area (TPSA) is 121 Å². The van der Waals surface area contributed by atoms with Crippen LogP contribution in [0.25, 0.3) is 6.08 Å². The Morgan fingerprint density at radius 2 is 1.73 bits per heavy atom. The van der Waals surface area contributed by atoms with E-state index in [9.17, 15) is 15.0 Å². The smallest absolute Gasteiger partial charge is 0.253 e. The minimum absolute atomic E-state index is 0.0510. The first kappa shape index (κ1) is 29.5. The lowest BCUT2D eigenvalue weighted by Gasteiger charge is -2.31. The zero-order valence-corrected chi connectivity index (χ0v) is 23.5. The second-order valence-corrected chi connectivity index (χ2v) is 10.2. The van der Waals surface area contributed by atoms with Gasteiger partial charge in [-0.1, -0.05) is 76.6 Å². The summed E-state index contributed by atoms with van der Waals surface area (Å²) in [5, 5.41) is 31.2. The van der Waals surface area contributed by atoms with Crippen LogP contribution in [0.4, 0.5) is 0 Å². The van der Waals surface area contributed by atoms with Crippen LogP contribution in [0, 0.1) is 0 Å². The standard InChI is InChI=1S/C31H33BrN2O6/c32-27-12-5-4-11-26(27)28-31(30(38)33-24(20-36)21-37,17-6-10-22-8-2-1-3-9-22)34-29(40-28)23-13-15-25(16-14-23)39-19-7-18-35/h1-6,8-16,24,28,35-37H,7,17-21H2,(H,33,38)/b10-6+/t28-,31-/m1/s1. The Labute approximate surface area is 242 Å². The lowest BCUT2D eigenvalue weighted by Crippen LogP contribution is -2.53. The third kappa shape index (κ3) is 6.98. The Kier molecular flexibility index (Phi) is 10.5. The Balaban J connectivity index is 1.76. The highest BCUT2D eigenvalue weighted by Gasteiger charge is 2.53. The zero-order chi connectivity index (χ0) is 28.4. The second-order valence-electron chi connectivity index (χ2n) is 9.36. The van der Waals surface area contributed by atoms with Crippen molar-refractivity contribution in [1.82, 2.24) is 5.32 Å². The molecule has 0 bridgehead atoms. The second kappa shape index (κ2) is 14.2. The van der Waals surface area contributed by atoms with Crippen molar-refractivity contribution in [3.05, 3.63) is 106 Å². The molecule has 0 saturated carbocycles. The summed E-state index contributed by atoms with van der Waals surface area (Å²) in [6, 6.07) is 23.6. The minimum Gasteiger partial charge on any atom is -0.494 e. The largest absolute Gasteiger partial charge is 0.494 e. The number of halogens is 1. The number of carbonyl (C=O) groups excluding carboxylic acids is 1. The molecule has 4 N–H and O–H groups in total. The molecular weight excluding hydrogens is 576 g/mol. The zero-order valence-electron chi connectivity index (χ0n) is 21.9. The number of rotatable bonds is 13. The van der Waals surface area contributed by atoms with E-state index in [2.05, 4.69) is 21.2 Å². The molecule has 0 aliphatic carbocycles. The van der Waals surface area contributed by atoms with Crippen LogP contribution >= 0.6 is 15.9 Å². The molecule has 0 saturated heterocycles. The maximum atomic E-state index is 14.0. The summed E-state index contributed by atoms with van der Waals surface area (Å²) in [5.74, 6) is 0.454. The number of nitrogens with zero attached hydrogens (tertiary/aromatic N) is 1. The summed E-state index contributed by atoms with van der Waals surface area (Å²) in [6.45, 7) is -0.402. The highest BCUT2D eigenvalue weighted by atomic mass is 79.9. The van der Waals surface area contributed by atoms with E-state index in [1.165, 1.54) is 0 Å². The van der Waals surface area contributed by atoms with E-state index in [1.807, 2.05) is 78.9 Å². The van der Waals surface area contributed by atoms with E-state index in [-0.39, 0.29) is 18.9 Å². The number of carbonyl (C=O) groups is 1. The fraction of sp³-hybridized carbons (Fsp3) is 0.290. The van der Waals surface area contributed by atoms with Crippen LogP contribution in [0.15, 0.2) is 94.4 Å². The lowest BCUT2D eigenvalue weighted by atomic mass is 9.84. The minimum atomic E-state index is -1.44. The van der Waals surface area contributed by atoms with Crippen LogP contribution in [0.1, 0.15) is 35.6 Å². The van der Waals surface area contributed by atoms with E-state index in [4.69, 9.17) is 19.6 Å². The van der Waals surface area contributed by atoms with E-state index in [1.54, 1.807) is 12.1 Å². The maximum Gasteiger partial charge on any atom is 0.253 e. The van der Waals surface area contributed by atoms with E-state index >= 15 is 0 Å². The van der Waals surface area contributed by atoms with Crippen LogP contribution in [-0.2, 0) is 9.53 Å². The normalized spacial score (nSPS) is 18.5. The SMILES string of the molecule is O=C(NC(CO)CO)[C@]1(C/C=C/c2ccccc2)N=C(c2ccc(OCCCO)cc2)O[C@@H]1c1ccccc1Br. The number of aliphatic hydroxyl groups excluding tert-OH is 3. The Morgan fingerprint density at radius 1 is 1.02 bits per heavy atom.